The number of hydrogen-bond donors (Lipinski definition) is 3. The van der Waals surface area contributed by atoms with Gasteiger partial charge in [-0.15, -0.1) is 0 Å². The second kappa shape index (κ2) is 7.22. The summed E-state index contributed by atoms with van der Waals surface area (Å²) in [5, 5.41) is 3.29. The molecular weight excluding hydrogens is 290 g/mol. The summed E-state index contributed by atoms with van der Waals surface area (Å²) in [4.78, 5) is 0.294. The van der Waals surface area contributed by atoms with E-state index in [1.165, 1.54) is 0 Å². The summed E-state index contributed by atoms with van der Waals surface area (Å²) in [6.45, 7) is 1.12. The Labute approximate surface area is 126 Å². The third-order valence-electron chi connectivity index (χ3n) is 3.32. The van der Waals surface area contributed by atoms with Crippen molar-refractivity contribution in [2.24, 2.45) is 5.73 Å². The number of nitrogens with two attached hydrogens (primary N) is 1. The van der Waals surface area contributed by atoms with Crippen LogP contribution in [0.25, 0.3) is 0 Å². The van der Waals surface area contributed by atoms with Crippen molar-refractivity contribution in [2.45, 2.75) is 36.2 Å². The van der Waals surface area contributed by atoms with Crippen molar-refractivity contribution < 1.29 is 13.2 Å². The van der Waals surface area contributed by atoms with Gasteiger partial charge in [0.05, 0.1) is 17.5 Å². The number of anilines is 1. The number of hydrogen-bond acceptors (Lipinski definition) is 5. The molecule has 2 rings (SSSR count). The third-order valence-corrected chi connectivity index (χ3v) is 4.85. The number of benzene rings is 1. The molecular formula is C14H23N3O3S. The lowest BCUT2D eigenvalue weighted by atomic mass is 10.2. The van der Waals surface area contributed by atoms with Crippen LogP contribution in [0.3, 0.4) is 0 Å². The zero-order valence-electron chi connectivity index (χ0n) is 12.2. The van der Waals surface area contributed by atoms with E-state index in [-0.39, 0.29) is 12.1 Å². The van der Waals surface area contributed by atoms with Gasteiger partial charge < -0.3 is 15.8 Å². The number of sulfonamides is 1. The Hall–Kier alpha value is -1.15. The summed E-state index contributed by atoms with van der Waals surface area (Å²) in [5.41, 5.74) is 6.42. The van der Waals surface area contributed by atoms with Gasteiger partial charge in [0.15, 0.2) is 0 Å². The van der Waals surface area contributed by atoms with Crippen LogP contribution in [-0.4, -0.2) is 40.8 Å². The van der Waals surface area contributed by atoms with Crippen LogP contribution in [0.5, 0.6) is 0 Å². The smallest absolute Gasteiger partial charge is 0.240 e. The summed E-state index contributed by atoms with van der Waals surface area (Å²) in [6.07, 6.45) is 2.64. The summed E-state index contributed by atoms with van der Waals surface area (Å²) in [6, 6.07) is 6.98. The summed E-state index contributed by atoms with van der Waals surface area (Å²) >= 11 is 0. The van der Waals surface area contributed by atoms with Gasteiger partial charge in [-0.3, -0.25) is 0 Å². The van der Waals surface area contributed by atoms with Crippen molar-refractivity contribution in [3.05, 3.63) is 24.3 Å². The van der Waals surface area contributed by atoms with Crippen LogP contribution < -0.4 is 15.8 Å². The highest BCUT2D eigenvalue weighted by Gasteiger charge is 2.27. The molecule has 0 amide bonds. The van der Waals surface area contributed by atoms with Crippen LogP contribution in [0.2, 0.25) is 0 Å². The van der Waals surface area contributed by atoms with Crippen molar-refractivity contribution in [1.82, 2.24) is 4.72 Å². The average molecular weight is 313 g/mol. The molecule has 1 aliphatic carbocycles. The van der Waals surface area contributed by atoms with Crippen molar-refractivity contribution in [3.8, 4) is 0 Å². The molecule has 1 fully saturated rings. The lowest BCUT2D eigenvalue weighted by Gasteiger charge is -2.18. The molecule has 1 aromatic carbocycles. The molecule has 21 heavy (non-hydrogen) atoms. The van der Waals surface area contributed by atoms with Gasteiger partial charge in [-0.1, -0.05) is 0 Å². The summed E-state index contributed by atoms with van der Waals surface area (Å²) < 4.78 is 31.9. The molecule has 1 atom stereocenters. The second-order valence-electron chi connectivity index (χ2n) is 5.29. The normalized spacial score (nSPS) is 16.7. The lowest BCUT2D eigenvalue weighted by Crippen LogP contribution is -2.28. The summed E-state index contributed by atoms with van der Waals surface area (Å²) in [5.74, 6) is 0. The SMILES string of the molecule is COCC(CCN)Nc1ccc(S(=O)(=O)NC2CC2)cc1. The van der Waals surface area contributed by atoms with Crippen LogP contribution in [0.1, 0.15) is 19.3 Å². The Balaban J connectivity index is 2.00. The Morgan fingerprint density at radius 2 is 2.00 bits per heavy atom. The van der Waals surface area contributed by atoms with Gasteiger partial charge in [0.1, 0.15) is 0 Å². The minimum Gasteiger partial charge on any atom is -0.383 e. The van der Waals surface area contributed by atoms with Crippen LogP contribution >= 0.6 is 0 Å². The highest BCUT2D eigenvalue weighted by Crippen LogP contribution is 2.23. The zero-order valence-corrected chi connectivity index (χ0v) is 13.0. The topological polar surface area (TPSA) is 93.4 Å². The van der Waals surface area contributed by atoms with Crippen LogP contribution in [-0.2, 0) is 14.8 Å². The predicted octanol–water partition coefficient (Wildman–Crippen LogP) is 0.903. The average Bonchev–Trinajstić information content (AvgIpc) is 3.23. The van der Waals surface area contributed by atoms with E-state index in [0.29, 0.717) is 18.0 Å². The van der Waals surface area contributed by atoms with E-state index in [9.17, 15) is 8.42 Å². The van der Waals surface area contributed by atoms with Crippen LogP contribution in [0, 0.1) is 0 Å². The Bertz CT molecular complexity index is 535. The maximum Gasteiger partial charge on any atom is 0.240 e. The van der Waals surface area contributed by atoms with E-state index in [1.807, 2.05) is 0 Å². The monoisotopic (exact) mass is 313 g/mol. The number of nitrogens with one attached hydrogen (secondary N) is 2. The molecule has 0 heterocycles. The fourth-order valence-corrected chi connectivity index (χ4v) is 3.36. The lowest BCUT2D eigenvalue weighted by molar-refractivity contribution is 0.183. The molecule has 1 aromatic rings. The minimum atomic E-state index is -3.39. The van der Waals surface area contributed by atoms with E-state index >= 15 is 0 Å². The van der Waals surface area contributed by atoms with Crippen molar-refractivity contribution in [1.29, 1.82) is 0 Å². The first-order valence-electron chi connectivity index (χ1n) is 7.13. The van der Waals surface area contributed by atoms with Crippen molar-refractivity contribution >= 4 is 15.7 Å². The van der Waals surface area contributed by atoms with E-state index < -0.39 is 10.0 Å². The first kappa shape index (κ1) is 16.2. The molecule has 0 radical (unpaired) electrons. The van der Waals surface area contributed by atoms with E-state index in [0.717, 1.165) is 24.9 Å². The van der Waals surface area contributed by atoms with Gasteiger partial charge >= 0.3 is 0 Å². The van der Waals surface area contributed by atoms with E-state index in [1.54, 1.807) is 31.4 Å². The largest absolute Gasteiger partial charge is 0.383 e. The zero-order chi connectivity index (χ0) is 15.3. The standard InChI is InChI=1S/C14H23N3O3S/c1-20-10-13(8-9-15)16-11-4-6-14(7-5-11)21(18,19)17-12-2-3-12/h4-7,12-13,16-17H,2-3,8-10,15H2,1H3. The maximum absolute atomic E-state index is 12.1. The van der Waals surface area contributed by atoms with E-state index in [2.05, 4.69) is 10.0 Å². The highest BCUT2D eigenvalue weighted by atomic mass is 32.2. The van der Waals surface area contributed by atoms with Gasteiger partial charge in [0.2, 0.25) is 10.0 Å². The molecule has 0 spiro atoms. The molecule has 0 saturated heterocycles. The minimum absolute atomic E-state index is 0.114. The Morgan fingerprint density at radius 1 is 1.33 bits per heavy atom. The summed E-state index contributed by atoms with van der Waals surface area (Å²) in [7, 11) is -1.74. The van der Waals surface area contributed by atoms with Gasteiger partial charge in [0.25, 0.3) is 0 Å². The Kier molecular flexibility index (Phi) is 5.58. The van der Waals surface area contributed by atoms with Crippen LogP contribution in [0.4, 0.5) is 5.69 Å². The van der Waals surface area contributed by atoms with Gasteiger partial charge in [-0.25, -0.2) is 13.1 Å². The number of ether oxygens (including phenoxy) is 1. The number of methoxy groups -OCH3 is 1. The van der Waals surface area contributed by atoms with Crippen molar-refractivity contribution in [2.75, 3.05) is 25.6 Å². The number of rotatable bonds is 9. The quantitative estimate of drug-likeness (QED) is 0.630. The van der Waals surface area contributed by atoms with Crippen molar-refractivity contribution in [3.63, 3.8) is 0 Å². The highest BCUT2D eigenvalue weighted by molar-refractivity contribution is 7.89. The predicted molar refractivity (Wildman–Crippen MR) is 82.7 cm³/mol. The molecule has 1 saturated carbocycles. The molecule has 0 bridgehead atoms. The van der Waals surface area contributed by atoms with E-state index in [4.69, 9.17) is 10.5 Å². The maximum atomic E-state index is 12.1. The third kappa shape index (κ3) is 4.96. The second-order valence-corrected chi connectivity index (χ2v) is 7.01. The fraction of sp³-hybridized carbons (Fsp3) is 0.571. The molecule has 6 nitrogen and oxygen atoms in total. The molecule has 1 unspecified atom stereocenters. The molecule has 4 N–H and O–H groups in total. The van der Waals surface area contributed by atoms with Gasteiger partial charge in [-0.2, -0.15) is 0 Å². The molecule has 118 valence electrons. The van der Waals surface area contributed by atoms with Gasteiger partial charge in [0, 0.05) is 18.8 Å². The molecule has 7 heteroatoms. The van der Waals surface area contributed by atoms with Crippen LogP contribution in [0.15, 0.2) is 29.2 Å². The van der Waals surface area contributed by atoms with Gasteiger partial charge in [-0.05, 0) is 50.1 Å². The Morgan fingerprint density at radius 3 is 2.52 bits per heavy atom. The first-order chi connectivity index (χ1) is 10.0. The fourth-order valence-electron chi connectivity index (χ4n) is 2.05. The molecule has 0 aliphatic heterocycles. The molecule has 1 aliphatic rings. The first-order valence-corrected chi connectivity index (χ1v) is 8.61. The molecule has 0 aromatic heterocycles.